The number of rotatable bonds is 6. The van der Waals surface area contributed by atoms with Crippen molar-refractivity contribution >= 4 is 23.0 Å². The number of carbonyl (C=O) groups excluding carboxylic acids is 1. The Morgan fingerprint density at radius 2 is 2.03 bits per heavy atom. The van der Waals surface area contributed by atoms with E-state index in [0.717, 1.165) is 40.9 Å². The molecule has 1 aromatic heterocycles. The average Bonchev–Trinajstić information content (AvgIpc) is 3.10. The number of anilines is 1. The SMILES string of the molecule is CCCCOc1cccc(C2C(C(=O)OC)=C(C)Nc3nc4ccccc4n32)c1. The van der Waals surface area contributed by atoms with E-state index in [9.17, 15) is 4.79 Å². The second kappa shape index (κ2) is 7.99. The summed E-state index contributed by atoms with van der Waals surface area (Å²) < 4.78 is 13.1. The number of allylic oxidation sites excluding steroid dienone is 1. The van der Waals surface area contributed by atoms with Gasteiger partial charge in [0.05, 0.1) is 36.4 Å². The fraction of sp³-hybridized carbons (Fsp3) is 0.304. The van der Waals surface area contributed by atoms with Gasteiger partial charge in [-0.25, -0.2) is 9.78 Å². The van der Waals surface area contributed by atoms with E-state index in [2.05, 4.69) is 16.8 Å². The molecule has 0 saturated carbocycles. The summed E-state index contributed by atoms with van der Waals surface area (Å²) in [6, 6.07) is 15.5. The van der Waals surface area contributed by atoms with Gasteiger partial charge in [-0.05, 0) is 43.2 Å². The number of nitrogens with one attached hydrogen (secondary N) is 1. The largest absolute Gasteiger partial charge is 0.494 e. The van der Waals surface area contributed by atoms with Crippen molar-refractivity contribution < 1.29 is 14.3 Å². The van der Waals surface area contributed by atoms with Crippen LogP contribution in [0.4, 0.5) is 5.95 Å². The smallest absolute Gasteiger partial charge is 0.337 e. The van der Waals surface area contributed by atoms with Gasteiger partial charge in [-0.15, -0.1) is 0 Å². The molecule has 1 unspecified atom stereocenters. The predicted octanol–water partition coefficient (Wildman–Crippen LogP) is 4.68. The molecule has 150 valence electrons. The minimum atomic E-state index is -0.360. The number of ether oxygens (including phenoxy) is 2. The first kappa shape index (κ1) is 19.1. The van der Waals surface area contributed by atoms with Crippen LogP contribution in [-0.4, -0.2) is 29.2 Å². The highest BCUT2D eigenvalue weighted by Gasteiger charge is 2.34. The number of esters is 1. The normalized spacial score (nSPS) is 15.8. The zero-order valence-corrected chi connectivity index (χ0v) is 16.9. The molecule has 0 amide bonds. The molecule has 0 fully saturated rings. The number of carbonyl (C=O) groups is 1. The number of nitrogens with zero attached hydrogens (tertiary/aromatic N) is 2. The van der Waals surface area contributed by atoms with Crippen LogP contribution in [0.3, 0.4) is 0 Å². The van der Waals surface area contributed by atoms with E-state index in [1.807, 2.05) is 55.5 Å². The summed E-state index contributed by atoms with van der Waals surface area (Å²) in [4.78, 5) is 17.5. The van der Waals surface area contributed by atoms with Crippen LogP contribution in [-0.2, 0) is 9.53 Å². The van der Waals surface area contributed by atoms with Crippen LogP contribution in [0.15, 0.2) is 59.8 Å². The molecule has 2 heterocycles. The van der Waals surface area contributed by atoms with E-state index in [1.165, 1.54) is 7.11 Å². The Bertz CT molecular complexity index is 1080. The molecule has 1 N–H and O–H groups in total. The van der Waals surface area contributed by atoms with Crippen molar-refractivity contribution in [3.05, 3.63) is 65.4 Å². The Kier molecular flexibility index (Phi) is 5.25. The van der Waals surface area contributed by atoms with Gasteiger partial charge >= 0.3 is 5.97 Å². The standard InChI is InChI=1S/C23H25N3O3/c1-4-5-13-29-17-10-8-9-16(14-17)21-20(22(27)28-3)15(2)24-23-25-18-11-6-7-12-19(18)26(21)23/h6-12,14,21H,4-5,13H2,1-3H3,(H,24,25). The zero-order chi connectivity index (χ0) is 20.4. The average molecular weight is 391 g/mol. The number of hydrogen-bond donors (Lipinski definition) is 1. The third-order valence-corrected chi connectivity index (χ3v) is 5.18. The van der Waals surface area contributed by atoms with Gasteiger partial charge in [-0.1, -0.05) is 37.6 Å². The Balaban J connectivity index is 1.87. The second-order valence-electron chi connectivity index (χ2n) is 7.13. The van der Waals surface area contributed by atoms with Gasteiger partial charge in [-0.3, -0.25) is 4.57 Å². The number of fused-ring (bicyclic) bond motifs is 3. The summed E-state index contributed by atoms with van der Waals surface area (Å²) >= 11 is 0. The maximum absolute atomic E-state index is 12.7. The Hall–Kier alpha value is -3.28. The topological polar surface area (TPSA) is 65.4 Å². The van der Waals surface area contributed by atoms with Crippen molar-refractivity contribution in [2.45, 2.75) is 32.7 Å². The number of unbranched alkanes of at least 4 members (excludes halogenated alkanes) is 1. The lowest BCUT2D eigenvalue weighted by atomic mass is 9.95. The molecule has 1 aliphatic heterocycles. The maximum Gasteiger partial charge on any atom is 0.337 e. The van der Waals surface area contributed by atoms with E-state index in [-0.39, 0.29) is 12.0 Å². The van der Waals surface area contributed by atoms with Crippen molar-refractivity contribution in [3.63, 3.8) is 0 Å². The lowest BCUT2D eigenvalue weighted by Gasteiger charge is -2.30. The Labute approximate surface area is 170 Å². The molecule has 1 aliphatic rings. The summed E-state index contributed by atoms with van der Waals surface area (Å²) in [7, 11) is 1.41. The number of aromatic nitrogens is 2. The van der Waals surface area contributed by atoms with Gasteiger partial charge < -0.3 is 14.8 Å². The molecule has 3 aromatic rings. The summed E-state index contributed by atoms with van der Waals surface area (Å²) in [5, 5.41) is 3.27. The van der Waals surface area contributed by atoms with Crippen LogP contribution < -0.4 is 10.1 Å². The number of hydrogen-bond acceptors (Lipinski definition) is 5. The third-order valence-electron chi connectivity index (χ3n) is 5.18. The monoisotopic (exact) mass is 391 g/mol. The summed E-state index contributed by atoms with van der Waals surface area (Å²) in [5.41, 5.74) is 4.07. The molecule has 29 heavy (non-hydrogen) atoms. The molecule has 6 nitrogen and oxygen atoms in total. The molecular weight excluding hydrogens is 366 g/mol. The molecule has 4 rings (SSSR count). The Morgan fingerprint density at radius 1 is 1.21 bits per heavy atom. The zero-order valence-electron chi connectivity index (χ0n) is 16.9. The highest BCUT2D eigenvalue weighted by Crippen LogP contribution is 2.40. The van der Waals surface area contributed by atoms with Gasteiger partial charge in [0.2, 0.25) is 5.95 Å². The summed E-state index contributed by atoms with van der Waals surface area (Å²) in [6.07, 6.45) is 2.08. The molecule has 0 saturated heterocycles. The minimum Gasteiger partial charge on any atom is -0.494 e. The number of para-hydroxylation sites is 2. The summed E-state index contributed by atoms with van der Waals surface area (Å²) in [6.45, 7) is 4.69. The van der Waals surface area contributed by atoms with E-state index in [4.69, 9.17) is 14.5 Å². The lowest BCUT2D eigenvalue weighted by Crippen LogP contribution is -2.28. The van der Waals surface area contributed by atoms with Gasteiger partial charge in [-0.2, -0.15) is 0 Å². The van der Waals surface area contributed by atoms with E-state index in [0.29, 0.717) is 18.1 Å². The highest BCUT2D eigenvalue weighted by atomic mass is 16.5. The van der Waals surface area contributed by atoms with Crippen LogP contribution >= 0.6 is 0 Å². The molecule has 0 bridgehead atoms. The first-order chi connectivity index (χ1) is 14.1. The van der Waals surface area contributed by atoms with E-state index >= 15 is 0 Å². The summed E-state index contributed by atoms with van der Waals surface area (Å²) in [5.74, 6) is 1.14. The van der Waals surface area contributed by atoms with Crippen molar-refractivity contribution in [2.24, 2.45) is 0 Å². The van der Waals surface area contributed by atoms with Crippen molar-refractivity contribution in [2.75, 3.05) is 19.0 Å². The number of imidazole rings is 1. The van der Waals surface area contributed by atoms with Crippen LogP contribution in [0, 0.1) is 0 Å². The third kappa shape index (κ3) is 3.46. The number of methoxy groups -OCH3 is 1. The molecule has 0 spiro atoms. The first-order valence-corrected chi connectivity index (χ1v) is 9.90. The van der Waals surface area contributed by atoms with Gasteiger partial charge in [0.25, 0.3) is 0 Å². The van der Waals surface area contributed by atoms with Gasteiger partial charge in [0.15, 0.2) is 0 Å². The second-order valence-corrected chi connectivity index (χ2v) is 7.13. The van der Waals surface area contributed by atoms with Crippen LogP contribution in [0.25, 0.3) is 11.0 Å². The lowest BCUT2D eigenvalue weighted by molar-refractivity contribution is -0.136. The Morgan fingerprint density at radius 3 is 2.83 bits per heavy atom. The van der Waals surface area contributed by atoms with E-state index < -0.39 is 0 Å². The van der Waals surface area contributed by atoms with Crippen LogP contribution in [0.5, 0.6) is 5.75 Å². The van der Waals surface area contributed by atoms with Gasteiger partial charge in [0, 0.05) is 5.70 Å². The first-order valence-electron chi connectivity index (χ1n) is 9.90. The highest BCUT2D eigenvalue weighted by molar-refractivity contribution is 5.94. The van der Waals surface area contributed by atoms with Crippen LogP contribution in [0.2, 0.25) is 0 Å². The number of benzene rings is 2. The van der Waals surface area contributed by atoms with Crippen molar-refractivity contribution in [3.8, 4) is 5.75 Å². The quantitative estimate of drug-likeness (QED) is 0.488. The fourth-order valence-electron chi connectivity index (χ4n) is 3.76. The fourth-order valence-corrected chi connectivity index (χ4v) is 3.76. The molecule has 0 radical (unpaired) electrons. The van der Waals surface area contributed by atoms with Gasteiger partial charge in [0.1, 0.15) is 5.75 Å². The van der Waals surface area contributed by atoms with Crippen LogP contribution in [0.1, 0.15) is 38.3 Å². The molecule has 0 aliphatic carbocycles. The van der Waals surface area contributed by atoms with Crippen molar-refractivity contribution in [1.82, 2.24) is 9.55 Å². The van der Waals surface area contributed by atoms with E-state index in [1.54, 1.807) is 0 Å². The molecule has 6 heteroatoms. The maximum atomic E-state index is 12.7. The molecular formula is C23H25N3O3. The minimum absolute atomic E-state index is 0.360. The molecule has 2 aromatic carbocycles. The molecule has 1 atom stereocenters. The predicted molar refractivity (Wildman–Crippen MR) is 113 cm³/mol. The van der Waals surface area contributed by atoms with Crippen molar-refractivity contribution in [1.29, 1.82) is 0 Å².